The van der Waals surface area contributed by atoms with Crippen LogP contribution in [0.4, 0.5) is 0 Å². The monoisotopic (exact) mass is 1200 g/mol. The van der Waals surface area contributed by atoms with E-state index >= 15 is 0 Å². The zero-order valence-electron chi connectivity index (χ0n) is 52.1. The molecule has 0 unspecified atom stereocenters. The molecule has 0 amide bonds. The quantitative estimate of drug-likeness (QED) is 0.103. The first kappa shape index (κ1) is 66.2. The lowest BCUT2D eigenvalue weighted by molar-refractivity contribution is 0.411. The molecule has 0 spiro atoms. The third-order valence-corrected chi connectivity index (χ3v) is 18.1. The van der Waals surface area contributed by atoms with E-state index in [9.17, 15) is 0 Å². The highest BCUT2D eigenvalue weighted by Crippen LogP contribution is 2.32. The van der Waals surface area contributed by atoms with Crippen molar-refractivity contribution in [2.75, 3.05) is 28.4 Å². The summed E-state index contributed by atoms with van der Waals surface area (Å²) in [7, 11) is 6.88. The molecule has 8 heteroatoms. The fourth-order valence-corrected chi connectivity index (χ4v) is 12.0. The molecule has 4 nitrogen and oxygen atoms in total. The Balaban J connectivity index is 0.000000182. The Kier molecular flexibility index (Phi) is 26.5. The van der Waals surface area contributed by atoms with E-state index in [2.05, 4.69) is 273 Å². The molecule has 0 radical (unpaired) electrons. The summed E-state index contributed by atoms with van der Waals surface area (Å²) in [5, 5.41) is 4.20. The highest BCUT2D eigenvalue weighted by atomic mass is 32.1. The van der Waals surface area contributed by atoms with Crippen LogP contribution in [0, 0.1) is 62.3 Å². The smallest absolute Gasteiger partial charge is 0.122 e. The minimum atomic E-state index is 0.942. The van der Waals surface area contributed by atoms with Crippen molar-refractivity contribution in [3.05, 3.63) is 265 Å². The van der Waals surface area contributed by atoms with Gasteiger partial charge in [-0.05, 0) is 248 Å². The summed E-state index contributed by atoms with van der Waals surface area (Å²) in [6.07, 6.45) is 21.5. The largest absolute Gasteiger partial charge is 0.496 e. The van der Waals surface area contributed by atoms with Gasteiger partial charge < -0.3 is 18.9 Å². The molecule has 6 aromatic carbocycles. The van der Waals surface area contributed by atoms with Crippen molar-refractivity contribution in [2.45, 2.75) is 76.2 Å². The average Bonchev–Trinajstić information content (AvgIpc) is 4.53. The van der Waals surface area contributed by atoms with Crippen LogP contribution in [-0.2, 0) is 0 Å². The second kappa shape index (κ2) is 34.1. The molecule has 10 rings (SSSR count). The first-order valence-corrected chi connectivity index (χ1v) is 31.9. The fourth-order valence-electron chi connectivity index (χ4n) is 8.79. The molecule has 0 atom stereocenters. The summed E-state index contributed by atoms with van der Waals surface area (Å²) in [6.45, 7) is 23.0. The van der Waals surface area contributed by atoms with Crippen LogP contribution in [0.1, 0.15) is 116 Å². The van der Waals surface area contributed by atoms with Gasteiger partial charge >= 0.3 is 0 Å². The van der Waals surface area contributed by atoms with E-state index < -0.39 is 0 Å². The minimum Gasteiger partial charge on any atom is -0.496 e. The molecule has 0 saturated heterocycles. The second-order valence-corrected chi connectivity index (χ2v) is 24.2. The van der Waals surface area contributed by atoms with Gasteiger partial charge in [0.15, 0.2) is 0 Å². The molecule has 0 fully saturated rings. The van der Waals surface area contributed by atoms with E-state index in [-0.39, 0.29) is 0 Å². The lowest BCUT2D eigenvalue weighted by Gasteiger charge is -2.08. The summed E-state index contributed by atoms with van der Waals surface area (Å²) in [5.41, 5.74) is 18.3. The molecule has 85 heavy (non-hydrogen) atoms. The van der Waals surface area contributed by atoms with Crippen LogP contribution >= 0.6 is 45.3 Å². The van der Waals surface area contributed by atoms with E-state index in [4.69, 9.17) is 18.9 Å². The van der Waals surface area contributed by atoms with Crippen LogP contribution in [0.25, 0.3) is 71.2 Å². The van der Waals surface area contributed by atoms with Crippen LogP contribution in [0.5, 0.6) is 23.0 Å². The number of rotatable bonds is 15. The van der Waals surface area contributed by atoms with Gasteiger partial charge in [0, 0.05) is 29.3 Å². The van der Waals surface area contributed by atoms with Gasteiger partial charge in [-0.2, -0.15) is 0 Å². The third-order valence-electron chi connectivity index (χ3n) is 14.2. The highest BCUT2D eigenvalue weighted by molar-refractivity contribution is 7.16. The summed E-state index contributed by atoms with van der Waals surface area (Å²) in [4.78, 5) is 7.62. The summed E-state index contributed by atoms with van der Waals surface area (Å²) < 4.78 is 21.7. The Hall–Kier alpha value is -7.98. The standard InChI is InChI=1S/C23H22OS.C21H20OS.C16H18OS.C15H16OS.C2H6/c1-17-15-20(16-23(24-3)18(17)2)10-12-22-14-13-21(25-22)11-9-19-7-5-4-6-8-19;1-15-13-17(14-20(22-3)16(15)2)9-10-19-11-12-21(23-19)18-7-5-4-6-8-18;1-11-7-8-18-16(11)6-5-14-9-12(2)13(3)15(10-14)17-4;1-11-9-13(10-15(16-3)12(11)2)6-7-14-5-4-8-17-14;1-2/h4-16H,1-3H3;4-14H,1-3H3;5-10H,1-4H3;4-10H,1-3H3;1-2H3/b11-9?,12-10+;10-9+;6-5+;7-6+;. The van der Waals surface area contributed by atoms with Gasteiger partial charge in [0.1, 0.15) is 23.0 Å². The minimum absolute atomic E-state index is 0.942. The van der Waals surface area contributed by atoms with Crippen molar-refractivity contribution in [3.63, 3.8) is 0 Å². The Bertz CT molecular complexity index is 3820. The van der Waals surface area contributed by atoms with Crippen molar-refractivity contribution >= 4 is 106 Å². The van der Waals surface area contributed by atoms with Crippen molar-refractivity contribution < 1.29 is 18.9 Å². The summed E-state index contributed by atoms with van der Waals surface area (Å²) in [5.74, 6) is 3.80. The van der Waals surface area contributed by atoms with Gasteiger partial charge in [0.2, 0.25) is 0 Å². The van der Waals surface area contributed by atoms with Crippen molar-refractivity contribution in [3.8, 4) is 33.4 Å². The van der Waals surface area contributed by atoms with Gasteiger partial charge in [-0.15, -0.1) is 45.3 Å². The molecule has 0 bridgehead atoms. The zero-order chi connectivity index (χ0) is 61.3. The van der Waals surface area contributed by atoms with Crippen LogP contribution in [0.15, 0.2) is 162 Å². The SMILES string of the molecule is CC.COc1cc(/C=C/c2ccc(-c3ccccc3)s2)cc(C)c1C.COc1cc(/C=C/c2ccc(C=Cc3ccccc3)s2)cc(C)c1C.COc1cc(/C=C/c2cccs2)cc(C)c1C.COc1cc(/C=C/c2sccc2C)cc(C)c1C. The molecule has 438 valence electrons. The number of hydrogen-bond donors (Lipinski definition) is 0. The summed E-state index contributed by atoms with van der Waals surface area (Å²) in [6, 6.07) is 52.9. The first-order chi connectivity index (χ1) is 41.1. The predicted molar refractivity (Wildman–Crippen MR) is 380 cm³/mol. The molecule has 0 aliphatic rings. The van der Waals surface area contributed by atoms with Crippen LogP contribution in [-0.4, -0.2) is 28.4 Å². The number of methoxy groups -OCH3 is 4. The van der Waals surface area contributed by atoms with Crippen molar-refractivity contribution in [1.82, 2.24) is 0 Å². The molecule has 0 saturated carbocycles. The van der Waals surface area contributed by atoms with Crippen LogP contribution < -0.4 is 18.9 Å². The van der Waals surface area contributed by atoms with Gasteiger partial charge in [-0.3, -0.25) is 0 Å². The number of hydrogen-bond acceptors (Lipinski definition) is 8. The Morgan fingerprint density at radius 3 is 1.06 bits per heavy atom. The van der Waals surface area contributed by atoms with Gasteiger partial charge in [-0.1, -0.05) is 135 Å². The normalized spacial score (nSPS) is 11.0. The third kappa shape index (κ3) is 20.1. The van der Waals surface area contributed by atoms with Crippen LogP contribution in [0.2, 0.25) is 0 Å². The van der Waals surface area contributed by atoms with E-state index in [0.717, 1.165) is 28.6 Å². The number of ether oxygens (including phenoxy) is 4. The maximum absolute atomic E-state index is 5.46. The topological polar surface area (TPSA) is 36.9 Å². The molecule has 4 aromatic heterocycles. The van der Waals surface area contributed by atoms with Gasteiger partial charge in [0.25, 0.3) is 0 Å². The maximum atomic E-state index is 5.46. The van der Waals surface area contributed by atoms with Crippen molar-refractivity contribution in [1.29, 1.82) is 0 Å². The Labute approximate surface area is 524 Å². The Morgan fingerprint density at radius 1 is 0.294 bits per heavy atom. The number of benzene rings is 6. The summed E-state index contributed by atoms with van der Waals surface area (Å²) >= 11 is 7.10. The molecule has 0 N–H and O–H groups in total. The molecule has 4 heterocycles. The van der Waals surface area contributed by atoms with Crippen molar-refractivity contribution in [2.24, 2.45) is 0 Å². The zero-order valence-corrected chi connectivity index (χ0v) is 55.4. The molecular formula is C77H82O4S4. The fraction of sp³-hybridized carbons (Fsp3) is 0.195. The first-order valence-electron chi connectivity index (χ1n) is 28.5. The number of thiophene rings is 4. The van der Waals surface area contributed by atoms with Crippen LogP contribution in [0.3, 0.4) is 0 Å². The lowest BCUT2D eigenvalue weighted by atomic mass is 10.0. The molecule has 0 aliphatic heterocycles. The highest BCUT2D eigenvalue weighted by Gasteiger charge is 2.08. The lowest BCUT2D eigenvalue weighted by Crippen LogP contribution is -1.91. The Morgan fingerprint density at radius 2 is 0.671 bits per heavy atom. The van der Waals surface area contributed by atoms with Gasteiger partial charge in [0.05, 0.1) is 28.4 Å². The molecular weight excluding hydrogens is 1120 g/mol. The second-order valence-electron chi connectivity index (χ2n) is 20.0. The van der Waals surface area contributed by atoms with E-state index in [1.807, 2.05) is 26.0 Å². The predicted octanol–water partition coefficient (Wildman–Crippen LogP) is 23.3. The van der Waals surface area contributed by atoms with E-state index in [1.165, 1.54) is 107 Å². The molecule has 10 aromatic rings. The average molecular weight is 1200 g/mol. The molecule has 0 aliphatic carbocycles. The van der Waals surface area contributed by atoms with Gasteiger partial charge in [-0.25, -0.2) is 0 Å². The van der Waals surface area contributed by atoms with E-state index in [0.29, 0.717) is 0 Å². The maximum Gasteiger partial charge on any atom is 0.122 e. The van der Waals surface area contributed by atoms with E-state index in [1.54, 1.807) is 73.8 Å². The number of aryl methyl sites for hydroxylation is 5.